The minimum Gasteiger partial charge on any atom is -0.379 e. The lowest BCUT2D eigenvalue weighted by Crippen LogP contribution is -2.42. The Morgan fingerprint density at radius 2 is 2.38 bits per heavy atom. The average Bonchev–Trinajstić information content (AvgIpc) is 2.66. The molecule has 3 nitrogen and oxygen atoms in total. The molecule has 86 valence electrons. The van der Waals surface area contributed by atoms with Crippen molar-refractivity contribution in [3.63, 3.8) is 0 Å². The van der Waals surface area contributed by atoms with Gasteiger partial charge >= 0.3 is 0 Å². The van der Waals surface area contributed by atoms with Crippen LogP contribution in [0, 0.1) is 3.57 Å². The SMILES string of the molecule is O=C(Nc1cccc(I)c1)C1(O)CCSC1. The first-order valence-electron chi connectivity index (χ1n) is 4.97. The molecule has 0 radical (unpaired) electrons. The van der Waals surface area contributed by atoms with Crippen LogP contribution in [0.3, 0.4) is 0 Å². The summed E-state index contributed by atoms with van der Waals surface area (Å²) in [6, 6.07) is 7.54. The average molecular weight is 349 g/mol. The predicted octanol–water partition coefficient (Wildman–Crippen LogP) is 2.10. The van der Waals surface area contributed by atoms with Gasteiger partial charge in [-0.05, 0) is 53.0 Å². The molecule has 1 unspecified atom stereocenters. The monoisotopic (exact) mass is 349 g/mol. The second kappa shape index (κ2) is 4.93. The second-order valence-electron chi connectivity index (χ2n) is 3.80. The summed E-state index contributed by atoms with van der Waals surface area (Å²) in [6.07, 6.45) is 0.535. The third kappa shape index (κ3) is 2.70. The lowest BCUT2D eigenvalue weighted by atomic mass is 10.0. The van der Waals surface area contributed by atoms with E-state index in [1.54, 1.807) is 11.8 Å². The summed E-state index contributed by atoms with van der Waals surface area (Å²) in [5, 5.41) is 12.8. The van der Waals surface area contributed by atoms with Gasteiger partial charge in [0.05, 0.1) is 0 Å². The summed E-state index contributed by atoms with van der Waals surface area (Å²) in [5.41, 5.74) is -0.450. The molecule has 2 N–H and O–H groups in total. The van der Waals surface area contributed by atoms with E-state index >= 15 is 0 Å². The Morgan fingerprint density at radius 3 is 3.00 bits per heavy atom. The molecule has 0 aromatic heterocycles. The van der Waals surface area contributed by atoms with Crippen molar-refractivity contribution in [2.45, 2.75) is 12.0 Å². The van der Waals surface area contributed by atoms with Crippen molar-refractivity contribution in [2.75, 3.05) is 16.8 Å². The standard InChI is InChI=1S/C11H12INO2S/c12-8-2-1-3-9(6-8)13-10(14)11(15)4-5-16-7-11/h1-3,6,15H,4-5,7H2,(H,13,14). The van der Waals surface area contributed by atoms with Gasteiger partial charge in [0.2, 0.25) is 0 Å². The molecule has 0 spiro atoms. The number of benzene rings is 1. The molecular formula is C11H12INO2S. The minimum atomic E-state index is -1.19. The Bertz CT molecular complexity index is 405. The molecule has 1 aromatic carbocycles. The fraction of sp³-hybridized carbons (Fsp3) is 0.364. The van der Waals surface area contributed by atoms with Crippen molar-refractivity contribution < 1.29 is 9.90 Å². The summed E-state index contributed by atoms with van der Waals surface area (Å²) < 4.78 is 1.06. The Kier molecular flexibility index (Phi) is 3.76. The minimum absolute atomic E-state index is 0.292. The molecule has 1 aliphatic heterocycles. The fourth-order valence-electron chi connectivity index (χ4n) is 1.55. The highest BCUT2D eigenvalue weighted by atomic mass is 127. The van der Waals surface area contributed by atoms with E-state index in [4.69, 9.17) is 0 Å². The van der Waals surface area contributed by atoms with Crippen molar-refractivity contribution in [2.24, 2.45) is 0 Å². The summed E-state index contributed by atoms with van der Waals surface area (Å²) in [4.78, 5) is 11.9. The number of anilines is 1. The molecule has 0 bridgehead atoms. The number of hydrogen-bond acceptors (Lipinski definition) is 3. The van der Waals surface area contributed by atoms with E-state index < -0.39 is 5.60 Å². The molecule has 1 heterocycles. The third-order valence-corrected chi connectivity index (χ3v) is 4.35. The van der Waals surface area contributed by atoms with Crippen LogP contribution in [0.1, 0.15) is 6.42 Å². The number of thioether (sulfide) groups is 1. The van der Waals surface area contributed by atoms with E-state index in [0.717, 1.165) is 15.0 Å². The first-order chi connectivity index (χ1) is 7.60. The number of halogens is 1. The van der Waals surface area contributed by atoms with E-state index in [9.17, 15) is 9.90 Å². The van der Waals surface area contributed by atoms with Crippen molar-refractivity contribution in [1.29, 1.82) is 0 Å². The van der Waals surface area contributed by atoms with Gasteiger partial charge in [-0.25, -0.2) is 0 Å². The Labute approximate surface area is 112 Å². The highest BCUT2D eigenvalue weighted by molar-refractivity contribution is 14.1. The molecule has 1 amide bonds. The van der Waals surface area contributed by atoms with Crippen LogP contribution in [0.4, 0.5) is 5.69 Å². The van der Waals surface area contributed by atoms with Crippen molar-refractivity contribution >= 4 is 45.9 Å². The smallest absolute Gasteiger partial charge is 0.257 e. The Morgan fingerprint density at radius 1 is 1.56 bits per heavy atom. The first kappa shape index (κ1) is 12.2. The van der Waals surface area contributed by atoms with E-state index in [0.29, 0.717) is 12.2 Å². The van der Waals surface area contributed by atoms with Gasteiger partial charge in [-0.2, -0.15) is 11.8 Å². The molecule has 0 saturated carbocycles. The fourth-order valence-corrected chi connectivity index (χ4v) is 3.33. The summed E-state index contributed by atoms with van der Waals surface area (Å²) in [7, 11) is 0. The number of hydrogen-bond donors (Lipinski definition) is 2. The summed E-state index contributed by atoms with van der Waals surface area (Å²) in [5.74, 6) is 1.04. The largest absolute Gasteiger partial charge is 0.379 e. The number of rotatable bonds is 2. The number of carbonyl (C=O) groups excluding carboxylic acids is 1. The van der Waals surface area contributed by atoms with Gasteiger partial charge in [-0.15, -0.1) is 0 Å². The molecule has 1 aromatic rings. The van der Waals surface area contributed by atoms with Crippen molar-refractivity contribution in [3.8, 4) is 0 Å². The maximum atomic E-state index is 11.9. The zero-order valence-electron chi connectivity index (χ0n) is 8.57. The maximum absolute atomic E-state index is 11.9. The van der Waals surface area contributed by atoms with Gasteiger partial charge in [-0.3, -0.25) is 4.79 Å². The lowest BCUT2D eigenvalue weighted by Gasteiger charge is -2.20. The molecule has 2 rings (SSSR count). The maximum Gasteiger partial charge on any atom is 0.257 e. The molecule has 1 saturated heterocycles. The second-order valence-corrected chi connectivity index (χ2v) is 6.15. The normalized spacial score (nSPS) is 24.4. The van der Waals surface area contributed by atoms with E-state index in [1.165, 1.54) is 0 Å². The predicted molar refractivity (Wildman–Crippen MR) is 74.7 cm³/mol. The molecular weight excluding hydrogens is 337 g/mol. The van der Waals surface area contributed by atoms with Crippen LogP contribution in [0.25, 0.3) is 0 Å². The van der Waals surface area contributed by atoms with E-state index in [-0.39, 0.29) is 5.91 Å². The highest BCUT2D eigenvalue weighted by Crippen LogP contribution is 2.29. The summed E-state index contributed by atoms with van der Waals surface area (Å²) >= 11 is 3.80. The topological polar surface area (TPSA) is 49.3 Å². The van der Waals surface area contributed by atoms with Gasteiger partial charge in [0.25, 0.3) is 5.91 Å². The van der Waals surface area contributed by atoms with Gasteiger partial charge in [0, 0.05) is 15.0 Å². The van der Waals surface area contributed by atoms with Crippen molar-refractivity contribution in [1.82, 2.24) is 0 Å². The Balaban J connectivity index is 2.07. The zero-order valence-corrected chi connectivity index (χ0v) is 11.5. The third-order valence-electron chi connectivity index (χ3n) is 2.51. The molecule has 5 heteroatoms. The van der Waals surface area contributed by atoms with Gasteiger partial charge < -0.3 is 10.4 Å². The van der Waals surface area contributed by atoms with Crippen LogP contribution < -0.4 is 5.32 Å². The van der Waals surface area contributed by atoms with Crippen LogP contribution in [0.2, 0.25) is 0 Å². The van der Waals surface area contributed by atoms with Crippen LogP contribution >= 0.6 is 34.4 Å². The van der Waals surface area contributed by atoms with Crippen molar-refractivity contribution in [3.05, 3.63) is 27.8 Å². The number of aliphatic hydroxyl groups is 1. The number of amides is 1. The molecule has 0 aliphatic carbocycles. The lowest BCUT2D eigenvalue weighted by molar-refractivity contribution is -0.131. The highest BCUT2D eigenvalue weighted by Gasteiger charge is 2.39. The summed E-state index contributed by atoms with van der Waals surface area (Å²) in [6.45, 7) is 0. The van der Waals surface area contributed by atoms with Crippen LogP contribution in [0.5, 0.6) is 0 Å². The number of carbonyl (C=O) groups is 1. The van der Waals surface area contributed by atoms with Gasteiger partial charge in [0.1, 0.15) is 0 Å². The molecule has 1 fully saturated rings. The van der Waals surface area contributed by atoms with E-state index in [2.05, 4.69) is 27.9 Å². The number of nitrogens with one attached hydrogen (secondary N) is 1. The van der Waals surface area contributed by atoms with Crippen LogP contribution in [0.15, 0.2) is 24.3 Å². The Hall–Kier alpha value is -0.270. The molecule has 1 atom stereocenters. The first-order valence-corrected chi connectivity index (χ1v) is 7.21. The zero-order chi connectivity index (χ0) is 11.6. The van der Waals surface area contributed by atoms with E-state index in [1.807, 2.05) is 24.3 Å². The van der Waals surface area contributed by atoms with Crippen LogP contribution in [-0.4, -0.2) is 28.1 Å². The van der Waals surface area contributed by atoms with Crippen LogP contribution in [-0.2, 0) is 4.79 Å². The molecule has 16 heavy (non-hydrogen) atoms. The van der Waals surface area contributed by atoms with Gasteiger partial charge in [-0.1, -0.05) is 6.07 Å². The quantitative estimate of drug-likeness (QED) is 0.804. The molecule has 1 aliphatic rings. The van der Waals surface area contributed by atoms with Gasteiger partial charge in [0.15, 0.2) is 5.60 Å².